The zero-order valence-corrected chi connectivity index (χ0v) is 45.1. The molecule has 358 valence electrons. The molecule has 0 bridgehead atoms. The maximum atomic E-state index is 12.3. The zero-order valence-electron chi connectivity index (χ0n) is 40.2. The van der Waals surface area contributed by atoms with Crippen molar-refractivity contribution in [3.05, 3.63) is 48.1 Å². The average molecular weight is 942 g/mol. The molecule has 16 heteroatoms. The van der Waals surface area contributed by atoms with Crippen molar-refractivity contribution in [2.75, 3.05) is 13.2 Å². The van der Waals surface area contributed by atoms with Crippen molar-refractivity contribution in [3.63, 3.8) is 0 Å². The Hall–Kier alpha value is -1.22. The molecule has 0 heterocycles. The molecule has 64 heavy (non-hydrogen) atoms. The molecule has 0 aliphatic heterocycles. The summed E-state index contributed by atoms with van der Waals surface area (Å²) in [5.74, 6) is -2.59. The first-order valence-electron chi connectivity index (χ1n) is 23.6. The first-order valence-corrected chi connectivity index (χ1v) is 25.1. The molecule has 0 aliphatic carbocycles. The number of phosphoric acid groups is 1. The Labute approximate surface area is 430 Å². The maximum Gasteiger partial charge on any atom is 1.00 e. The minimum atomic E-state index is -5.25. The van der Waals surface area contributed by atoms with Gasteiger partial charge in [-0.05, 0) is 88.3 Å². The van der Waals surface area contributed by atoms with Gasteiger partial charge in [-0.3, -0.25) is 14.4 Å². The van der Waals surface area contributed by atoms with E-state index >= 15 is 0 Å². The number of allylic oxidation sites excluding steroid dienone is 4. The monoisotopic (exact) mass is 942 g/mol. The van der Waals surface area contributed by atoms with E-state index in [0.29, 0.717) is 18.4 Å². The molecule has 1 rings (SSSR count). The van der Waals surface area contributed by atoms with E-state index < -0.39 is 44.5 Å². The second kappa shape index (κ2) is 46.9. The fourth-order valence-corrected chi connectivity index (χ4v) is 6.86. The Morgan fingerprint density at radius 1 is 0.625 bits per heavy atom. The summed E-state index contributed by atoms with van der Waals surface area (Å²) < 4.78 is 25.8. The number of ether oxygens (including phenoxy) is 2. The van der Waals surface area contributed by atoms with Crippen molar-refractivity contribution in [3.8, 4) is 11.5 Å². The van der Waals surface area contributed by atoms with E-state index in [9.17, 15) is 28.7 Å². The van der Waals surface area contributed by atoms with Gasteiger partial charge in [0, 0.05) is 12.8 Å². The van der Waals surface area contributed by atoms with E-state index in [1.54, 1.807) is 0 Å². The molecule has 0 saturated heterocycles. The smallest absolute Gasteiger partial charge is 0.790 e. The number of hydrogen-bond donors (Lipinski definition) is 4. The van der Waals surface area contributed by atoms with Crippen LogP contribution in [0.25, 0.3) is 0 Å². The molecular weight excluding hydrogens is 859 g/mol. The second-order valence-corrected chi connectivity index (χ2v) is 17.3. The van der Waals surface area contributed by atoms with Crippen molar-refractivity contribution >= 4 is 25.7 Å². The van der Waals surface area contributed by atoms with Gasteiger partial charge < -0.3 is 49.4 Å². The summed E-state index contributed by atoms with van der Waals surface area (Å²) in [4.78, 5) is 56.9. The molecule has 0 saturated carbocycles. The first-order chi connectivity index (χ1) is 29.8. The van der Waals surface area contributed by atoms with E-state index in [1.807, 2.05) is 0 Å². The second-order valence-electron chi connectivity index (χ2n) is 16.2. The van der Waals surface area contributed by atoms with Crippen LogP contribution in [0.2, 0.25) is 0 Å². The number of phenolic OH excluding ortho intramolecular Hbond substituents is 2. The maximum absolute atomic E-state index is 12.3. The van der Waals surface area contributed by atoms with Crippen LogP contribution in [0.1, 0.15) is 199 Å². The molecular formula is C48H82NNa2O12P. The number of aromatic hydroxyl groups is 2. The third-order valence-electron chi connectivity index (χ3n) is 10.2. The third-order valence-corrected chi connectivity index (χ3v) is 10.7. The topological polar surface area (TPSA) is 229 Å². The van der Waals surface area contributed by atoms with Gasteiger partial charge in [0.1, 0.15) is 12.6 Å². The number of rotatable bonds is 39. The van der Waals surface area contributed by atoms with Crippen molar-refractivity contribution in [2.45, 2.75) is 212 Å². The van der Waals surface area contributed by atoms with Gasteiger partial charge in [-0.2, -0.15) is 0 Å². The van der Waals surface area contributed by atoms with Gasteiger partial charge in [0.15, 0.2) is 17.6 Å². The van der Waals surface area contributed by atoms with Crippen molar-refractivity contribution in [1.82, 2.24) is 0 Å². The van der Waals surface area contributed by atoms with E-state index in [4.69, 9.17) is 30.5 Å². The standard InChI is InChI=1S/C39H73O8P.C9H11NO4.2Na/c1-3-5-7-9-11-13-15-17-19-21-23-25-27-29-31-33-38(40)45-35-37(36-46-48(42,43)44)47-39(41)34-32-30-28-26-24-22-20-18-16-14-12-10-8-6-4-2;10-6(9(13)14)3-5-1-2-7(11)8(12)4-5;;/h17-20,37H,3-16,21-36H2,1-2H3,(H2,42,43,44);1-2,4,6,11-12H,3,10H2,(H,13,14);;/q;;2*+1/p-2/b19-17-,20-18-;;;. The Bertz CT molecular complexity index is 1390. The number of aliphatic carboxylic acids is 1. The summed E-state index contributed by atoms with van der Waals surface area (Å²) in [6.07, 6.45) is 38.6. The summed E-state index contributed by atoms with van der Waals surface area (Å²) in [5.41, 5.74) is 5.86. The molecule has 1 aromatic carbocycles. The molecule has 1 aromatic rings. The number of benzene rings is 1. The number of carboxylic acid groups (broad SMARTS) is 1. The zero-order chi connectivity index (χ0) is 46.1. The van der Waals surface area contributed by atoms with Crippen LogP contribution in [0, 0.1) is 0 Å². The van der Waals surface area contributed by atoms with Gasteiger partial charge in [-0.25, -0.2) is 0 Å². The molecule has 0 fully saturated rings. The molecule has 0 spiro atoms. The van der Waals surface area contributed by atoms with E-state index in [2.05, 4.69) is 42.7 Å². The summed E-state index contributed by atoms with van der Waals surface area (Å²) in [6.45, 7) is 3.47. The number of nitrogens with two attached hydrogens (primary N) is 1. The minimum absolute atomic E-state index is 0. The van der Waals surface area contributed by atoms with Gasteiger partial charge in [0.2, 0.25) is 0 Å². The summed E-state index contributed by atoms with van der Waals surface area (Å²) in [5, 5.41) is 26.6. The van der Waals surface area contributed by atoms with Gasteiger partial charge in [0.25, 0.3) is 0 Å². The van der Waals surface area contributed by atoms with Gasteiger partial charge in [-0.1, -0.05) is 147 Å². The Kier molecular flexibility index (Phi) is 49.1. The SMILES string of the molecule is CCCCCCCC/C=C\CCCCCCCC(=O)OCC(COP(=O)([O-])[O-])OC(=O)CCCCCCC/C=C\CCCCCCCC.NC(Cc1ccc(O)c(O)c1)C(=O)O.[Na+].[Na+]. The minimum Gasteiger partial charge on any atom is -0.790 e. The summed E-state index contributed by atoms with van der Waals surface area (Å²) in [6, 6.07) is 3.09. The Morgan fingerprint density at radius 3 is 1.44 bits per heavy atom. The summed E-state index contributed by atoms with van der Waals surface area (Å²) in [7, 11) is -5.25. The van der Waals surface area contributed by atoms with Crippen LogP contribution in [0.3, 0.4) is 0 Å². The molecule has 5 N–H and O–H groups in total. The fourth-order valence-electron chi connectivity index (χ4n) is 6.51. The predicted molar refractivity (Wildman–Crippen MR) is 242 cm³/mol. The number of carbonyl (C=O) groups excluding carboxylic acids is 2. The molecule has 0 radical (unpaired) electrons. The van der Waals surface area contributed by atoms with Crippen LogP contribution in [-0.2, 0) is 39.4 Å². The number of unbranched alkanes of at least 4 members (excludes halogenated alkanes) is 22. The van der Waals surface area contributed by atoms with Gasteiger partial charge >= 0.3 is 77.0 Å². The van der Waals surface area contributed by atoms with Crippen LogP contribution >= 0.6 is 7.82 Å². The third kappa shape index (κ3) is 45.9. The Morgan fingerprint density at radius 2 is 1.03 bits per heavy atom. The fraction of sp³-hybridized carbons (Fsp3) is 0.729. The van der Waals surface area contributed by atoms with Crippen LogP contribution in [0.4, 0.5) is 0 Å². The molecule has 2 atom stereocenters. The number of hydrogen-bond acceptors (Lipinski definition) is 12. The van der Waals surface area contributed by atoms with Crippen LogP contribution in [0.15, 0.2) is 42.5 Å². The summed E-state index contributed by atoms with van der Waals surface area (Å²) >= 11 is 0. The van der Waals surface area contributed by atoms with Crippen molar-refractivity contribution < 1.29 is 117 Å². The molecule has 0 amide bonds. The van der Waals surface area contributed by atoms with Crippen molar-refractivity contribution in [1.29, 1.82) is 0 Å². The van der Waals surface area contributed by atoms with Crippen LogP contribution in [0.5, 0.6) is 11.5 Å². The van der Waals surface area contributed by atoms with Crippen LogP contribution in [-0.4, -0.2) is 58.6 Å². The molecule has 13 nitrogen and oxygen atoms in total. The number of phenols is 2. The largest absolute Gasteiger partial charge is 1.00 e. The van der Waals surface area contributed by atoms with Crippen molar-refractivity contribution in [2.24, 2.45) is 5.73 Å². The van der Waals surface area contributed by atoms with E-state index in [1.165, 1.54) is 108 Å². The van der Waals surface area contributed by atoms with E-state index in [-0.39, 0.29) is 96.5 Å². The number of carboxylic acids is 1. The molecule has 2 unspecified atom stereocenters. The van der Waals surface area contributed by atoms with Gasteiger partial charge in [-0.15, -0.1) is 0 Å². The van der Waals surface area contributed by atoms with Gasteiger partial charge in [0.05, 0.1) is 14.4 Å². The Balaban J connectivity index is -0.00000196. The quantitative estimate of drug-likeness (QED) is 0.0179. The number of esters is 2. The predicted octanol–water partition coefficient (Wildman–Crippen LogP) is 4.42. The first kappa shape index (κ1) is 67.1. The number of carbonyl (C=O) groups is 3. The normalized spacial score (nSPS) is 12.2. The molecule has 0 aromatic heterocycles. The average Bonchev–Trinajstić information content (AvgIpc) is 3.23. The van der Waals surface area contributed by atoms with E-state index in [0.717, 1.165) is 64.2 Å². The van der Waals surface area contributed by atoms with Crippen LogP contribution < -0.4 is 74.6 Å². The number of phosphoric ester groups is 1. The molecule has 0 aliphatic rings.